The molecule has 2 rings (SSSR count). The summed E-state index contributed by atoms with van der Waals surface area (Å²) in [5, 5.41) is 14.5. The van der Waals surface area contributed by atoms with Gasteiger partial charge in [0, 0.05) is 29.4 Å². The lowest BCUT2D eigenvalue weighted by molar-refractivity contribution is -0.385. The lowest BCUT2D eigenvalue weighted by Crippen LogP contribution is -2.33. The molecule has 0 aromatic heterocycles. The molecule has 9 heteroatoms. The number of ether oxygens (including phenoxy) is 2. The number of benzene rings is 1. The summed E-state index contributed by atoms with van der Waals surface area (Å²) in [7, 11) is 1.18. The van der Waals surface area contributed by atoms with Crippen LogP contribution in [-0.4, -0.2) is 36.4 Å². The number of para-hydroxylation sites is 1. The van der Waals surface area contributed by atoms with Crippen molar-refractivity contribution in [2.75, 3.05) is 13.7 Å². The summed E-state index contributed by atoms with van der Waals surface area (Å²) in [6.45, 7) is 4.42. The largest absolute Gasteiger partial charge is 0.466 e. The number of carbonyl (C=O) groups excluding carboxylic acids is 3. The summed E-state index contributed by atoms with van der Waals surface area (Å²) in [6.07, 6.45) is 0.198. The first-order chi connectivity index (χ1) is 13.7. The Kier molecular flexibility index (Phi) is 6.87. The number of methoxy groups -OCH3 is 1. The summed E-state index contributed by atoms with van der Waals surface area (Å²) in [5.41, 5.74) is 0.726. The Labute approximate surface area is 167 Å². The van der Waals surface area contributed by atoms with Gasteiger partial charge >= 0.3 is 11.9 Å². The van der Waals surface area contributed by atoms with Crippen LogP contribution in [0.5, 0.6) is 0 Å². The first kappa shape index (κ1) is 21.8. The van der Waals surface area contributed by atoms with Gasteiger partial charge in [-0.15, -0.1) is 0 Å². The molecule has 0 saturated carbocycles. The summed E-state index contributed by atoms with van der Waals surface area (Å²) in [5.74, 6) is -2.94. The third-order valence-corrected chi connectivity index (χ3v) is 4.59. The molecule has 0 bridgehead atoms. The number of Topliss-reactive ketones (excluding diaryl/α,β-unsaturated/α-hetero) is 1. The Hall–Kier alpha value is -3.49. The Bertz CT molecular complexity index is 931. The third kappa shape index (κ3) is 4.50. The lowest BCUT2D eigenvalue weighted by Gasteiger charge is -2.30. The molecule has 154 valence electrons. The van der Waals surface area contributed by atoms with Gasteiger partial charge in [-0.1, -0.05) is 25.1 Å². The molecule has 0 spiro atoms. The van der Waals surface area contributed by atoms with Crippen LogP contribution in [0.25, 0.3) is 0 Å². The highest BCUT2D eigenvalue weighted by molar-refractivity contribution is 6.00. The highest BCUT2D eigenvalue weighted by Gasteiger charge is 2.40. The molecule has 1 unspecified atom stereocenters. The van der Waals surface area contributed by atoms with Crippen molar-refractivity contribution >= 4 is 23.4 Å². The van der Waals surface area contributed by atoms with Gasteiger partial charge in [0.05, 0.1) is 29.1 Å². The van der Waals surface area contributed by atoms with Crippen molar-refractivity contribution in [1.29, 1.82) is 0 Å². The molecule has 0 saturated heterocycles. The molecule has 1 N–H and O–H groups in total. The van der Waals surface area contributed by atoms with Crippen LogP contribution in [0.2, 0.25) is 0 Å². The number of ketones is 1. The van der Waals surface area contributed by atoms with Crippen LogP contribution < -0.4 is 5.32 Å². The molecule has 1 atom stereocenters. The number of hydrogen-bond donors (Lipinski definition) is 1. The normalized spacial score (nSPS) is 16.2. The van der Waals surface area contributed by atoms with Gasteiger partial charge in [-0.25, -0.2) is 9.59 Å². The van der Waals surface area contributed by atoms with Crippen molar-refractivity contribution in [2.45, 2.75) is 33.1 Å². The van der Waals surface area contributed by atoms with Crippen LogP contribution in [0, 0.1) is 10.1 Å². The van der Waals surface area contributed by atoms with Crippen LogP contribution in [0.15, 0.2) is 46.8 Å². The van der Waals surface area contributed by atoms with Crippen molar-refractivity contribution < 1.29 is 28.8 Å². The van der Waals surface area contributed by atoms with E-state index < -0.39 is 29.4 Å². The fourth-order valence-corrected chi connectivity index (χ4v) is 3.18. The van der Waals surface area contributed by atoms with Crippen molar-refractivity contribution in [3.63, 3.8) is 0 Å². The van der Waals surface area contributed by atoms with E-state index >= 15 is 0 Å². The predicted molar refractivity (Wildman–Crippen MR) is 103 cm³/mol. The minimum Gasteiger partial charge on any atom is -0.466 e. The summed E-state index contributed by atoms with van der Waals surface area (Å²) < 4.78 is 9.98. The number of rotatable bonds is 7. The first-order valence-electron chi connectivity index (χ1n) is 8.91. The average Bonchev–Trinajstić information content (AvgIpc) is 2.70. The molecule has 9 nitrogen and oxygen atoms in total. The number of allylic oxidation sites excluding steroid dienone is 2. The van der Waals surface area contributed by atoms with E-state index in [-0.39, 0.29) is 34.6 Å². The number of hydrogen-bond acceptors (Lipinski definition) is 8. The van der Waals surface area contributed by atoms with Crippen LogP contribution >= 0.6 is 0 Å². The van der Waals surface area contributed by atoms with E-state index in [2.05, 4.69) is 5.32 Å². The third-order valence-electron chi connectivity index (χ3n) is 4.59. The minimum absolute atomic E-state index is 0.00852. The van der Waals surface area contributed by atoms with Crippen LogP contribution in [0.4, 0.5) is 5.69 Å². The highest BCUT2D eigenvalue weighted by atomic mass is 16.6. The predicted octanol–water partition coefficient (Wildman–Crippen LogP) is 2.52. The topological polar surface area (TPSA) is 125 Å². The first-order valence-corrected chi connectivity index (χ1v) is 8.91. The monoisotopic (exact) mass is 402 g/mol. The number of nitro benzene ring substituents is 1. The molecule has 1 aliphatic heterocycles. The van der Waals surface area contributed by atoms with Gasteiger partial charge in [0.2, 0.25) is 0 Å². The maximum Gasteiger partial charge on any atom is 0.337 e. The highest BCUT2D eigenvalue weighted by Crippen LogP contribution is 2.42. The molecule has 0 radical (unpaired) electrons. The molecular weight excluding hydrogens is 380 g/mol. The Balaban J connectivity index is 2.66. The summed E-state index contributed by atoms with van der Waals surface area (Å²) >= 11 is 0. The van der Waals surface area contributed by atoms with Gasteiger partial charge in [0.15, 0.2) is 5.78 Å². The zero-order valence-corrected chi connectivity index (χ0v) is 16.6. The number of carbonyl (C=O) groups is 3. The lowest BCUT2D eigenvalue weighted by atomic mass is 9.79. The van der Waals surface area contributed by atoms with Crippen molar-refractivity contribution in [2.24, 2.45) is 0 Å². The van der Waals surface area contributed by atoms with Gasteiger partial charge < -0.3 is 14.8 Å². The van der Waals surface area contributed by atoms with Crippen molar-refractivity contribution in [1.82, 2.24) is 5.32 Å². The number of nitrogens with one attached hydrogen (secondary N) is 1. The maximum atomic E-state index is 12.8. The van der Waals surface area contributed by atoms with Crippen molar-refractivity contribution in [3.05, 3.63) is 62.5 Å². The fourth-order valence-electron chi connectivity index (χ4n) is 3.18. The zero-order chi connectivity index (χ0) is 21.7. The Morgan fingerprint density at radius 2 is 1.69 bits per heavy atom. The molecule has 1 aromatic rings. The van der Waals surface area contributed by atoms with Gasteiger partial charge in [0.25, 0.3) is 5.69 Å². The molecule has 0 fully saturated rings. The number of nitrogens with zero attached hydrogens (tertiary/aromatic N) is 1. The second-order valence-electron chi connectivity index (χ2n) is 6.41. The number of dihydropyridines is 1. The molecule has 0 amide bonds. The molecule has 1 aromatic carbocycles. The molecule has 29 heavy (non-hydrogen) atoms. The van der Waals surface area contributed by atoms with E-state index in [4.69, 9.17) is 9.47 Å². The van der Waals surface area contributed by atoms with Gasteiger partial charge in [0.1, 0.15) is 6.61 Å². The molecule has 0 aliphatic carbocycles. The van der Waals surface area contributed by atoms with E-state index in [0.717, 1.165) is 0 Å². The standard InChI is InChI=1S/C20H22N2O7/c1-5-13(23)10-29-20(25)17-12(3)21-11(2)16(19(24)28-4)18(17)14-8-6-7-9-15(14)22(26)27/h6-9,18,21H,5,10H2,1-4H3. The smallest absolute Gasteiger partial charge is 0.337 e. The Morgan fingerprint density at radius 1 is 1.10 bits per heavy atom. The second kappa shape index (κ2) is 9.13. The quantitative estimate of drug-likeness (QED) is 0.419. The van der Waals surface area contributed by atoms with Crippen LogP contribution in [-0.2, 0) is 23.9 Å². The van der Waals surface area contributed by atoms with Crippen LogP contribution in [0.3, 0.4) is 0 Å². The Morgan fingerprint density at radius 3 is 2.24 bits per heavy atom. The number of esters is 2. The van der Waals surface area contributed by atoms with E-state index in [1.165, 1.54) is 25.3 Å². The van der Waals surface area contributed by atoms with E-state index in [0.29, 0.717) is 11.4 Å². The SMILES string of the molecule is CCC(=O)COC(=O)C1=C(C)NC(C)=C(C(=O)OC)C1c1ccccc1[N+](=O)[O-]. The van der Waals surface area contributed by atoms with Crippen molar-refractivity contribution in [3.8, 4) is 0 Å². The number of nitro groups is 1. The molecular formula is C20H22N2O7. The summed E-state index contributed by atoms with van der Waals surface area (Å²) in [6, 6.07) is 5.83. The van der Waals surface area contributed by atoms with Crippen LogP contribution in [0.1, 0.15) is 38.7 Å². The molecule has 1 aliphatic rings. The van der Waals surface area contributed by atoms with Gasteiger partial charge in [-0.05, 0) is 13.8 Å². The van der Waals surface area contributed by atoms with Gasteiger partial charge in [-0.3, -0.25) is 14.9 Å². The molecule has 1 heterocycles. The summed E-state index contributed by atoms with van der Waals surface area (Å²) in [4.78, 5) is 47.9. The van der Waals surface area contributed by atoms with Gasteiger partial charge in [-0.2, -0.15) is 0 Å². The fraction of sp³-hybridized carbons (Fsp3) is 0.350. The zero-order valence-electron chi connectivity index (χ0n) is 16.6. The van der Waals surface area contributed by atoms with E-state index in [1.807, 2.05) is 0 Å². The second-order valence-corrected chi connectivity index (χ2v) is 6.41. The average molecular weight is 402 g/mol. The minimum atomic E-state index is -1.09. The maximum absolute atomic E-state index is 12.8. The van der Waals surface area contributed by atoms with E-state index in [1.54, 1.807) is 26.8 Å². The van der Waals surface area contributed by atoms with E-state index in [9.17, 15) is 24.5 Å².